The molecule has 0 saturated heterocycles. The van der Waals surface area contributed by atoms with Crippen LogP contribution in [0.15, 0.2) is 91.5 Å². The molecule has 3 aromatic carbocycles. The first-order valence-corrected chi connectivity index (χ1v) is 10.4. The molecule has 4 heteroatoms. The summed E-state index contributed by atoms with van der Waals surface area (Å²) in [6.45, 7) is 6.80. The van der Waals surface area contributed by atoms with Crippen molar-refractivity contribution in [3.8, 4) is 5.75 Å². The fraction of sp³-hybridized carbons (Fsp3) is 0.222. The Labute approximate surface area is 184 Å². The normalized spacial score (nSPS) is 12.6. The molecule has 0 spiro atoms. The molecule has 0 bridgehead atoms. The maximum Gasteiger partial charge on any atom is 0.230 e. The van der Waals surface area contributed by atoms with Gasteiger partial charge in [-0.1, -0.05) is 78.4 Å². The zero-order valence-electron chi connectivity index (χ0n) is 18.1. The van der Waals surface area contributed by atoms with Gasteiger partial charge in [0, 0.05) is 6.54 Å². The summed E-state index contributed by atoms with van der Waals surface area (Å²) in [6.07, 6.45) is 1.23. The van der Waals surface area contributed by atoms with Crippen molar-refractivity contribution in [1.29, 1.82) is 0 Å². The van der Waals surface area contributed by atoms with Crippen molar-refractivity contribution in [2.75, 3.05) is 7.11 Å². The molecule has 160 valence electrons. The van der Waals surface area contributed by atoms with E-state index in [4.69, 9.17) is 9.47 Å². The number of nitrogens with one attached hydrogen (secondary N) is 1. The van der Waals surface area contributed by atoms with Gasteiger partial charge < -0.3 is 14.8 Å². The molecular formula is C27H29NO3. The summed E-state index contributed by atoms with van der Waals surface area (Å²) < 4.78 is 11.4. The van der Waals surface area contributed by atoms with Crippen molar-refractivity contribution in [2.24, 2.45) is 0 Å². The van der Waals surface area contributed by atoms with Crippen LogP contribution in [0.2, 0.25) is 0 Å². The second kappa shape index (κ2) is 11.1. The van der Waals surface area contributed by atoms with E-state index in [1.165, 1.54) is 0 Å². The zero-order chi connectivity index (χ0) is 22.1. The molecule has 0 heterocycles. The number of carbonyl (C=O) groups excluding carboxylic acids is 1. The Kier molecular flexibility index (Phi) is 8.02. The summed E-state index contributed by atoms with van der Waals surface area (Å²) in [5.41, 5.74) is 4.09. The molecule has 1 amide bonds. The number of rotatable bonds is 10. The van der Waals surface area contributed by atoms with Crippen LogP contribution in [0.1, 0.15) is 28.2 Å². The zero-order valence-corrected chi connectivity index (χ0v) is 18.1. The lowest BCUT2D eigenvalue weighted by molar-refractivity contribution is -0.125. The van der Waals surface area contributed by atoms with Crippen molar-refractivity contribution < 1.29 is 14.3 Å². The largest absolute Gasteiger partial charge is 0.497 e. The third-order valence-electron chi connectivity index (χ3n) is 5.19. The van der Waals surface area contributed by atoms with Gasteiger partial charge >= 0.3 is 0 Å². The van der Waals surface area contributed by atoms with Crippen LogP contribution in [0.5, 0.6) is 5.75 Å². The highest BCUT2D eigenvalue weighted by Gasteiger charge is 2.29. The number of aryl methyl sites for hydroxylation is 1. The third-order valence-corrected chi connectivity index (χ3v) is 5.19. The molecule has 2 atom stereocenters. The molecule has 31 heavy (non-hydrogen) atoms. The van der Waals surface area contributed by atoms with Crippen LogP contribution < -0.4 is 10.1 Å². The van der Waals surface area contributed by atoms with E-state index in [2.05, 4.69) is 11.9 Å². The molecule has 0 aliphatic heterocycles. The average molecular weight is 416 g/mol. The van der Waals surface area contributed by atoms with Crippen LogP contribution >= 0.6 is 0 Å². The Bertz CT molecular complexity index is 966. The van der Waals surface area contributed by atoms with Crippen LogP contribution in [0.25, 0.3) is 0 Å². The standard InChI is InChI=1S/C27H29NO3/c1-4-25(31-19-22-12-16-24(30-3)17-13-22)26(23-14-10-20(2)11-15-23)27(29)28-18-21-8-6-5-7-9-21/h4-17,25-26H,1,18-19H2,2-3H3,(H,28,29)/t25-,26+/m0/s1. The smallest absolute Gasteiger partial charge is 0.230 e. The maximum atomic E-state index is 13.2. The predicted molar refractivity (Wildman–Crippen MR) is 124 cm³/mol. The summed E-state index contributed by atoms with van der Waals surface area (Å²) in [5.74, 6) is 0.203. The minimum absolute atomic E-state index is 0.0904. The van der Waals surface area contributed by atoms with Crippen molar-refractivity contribution in [3.63, 3.8) is 0 Å². The van der Waals surface area contributed by atoms with Gasteiger partial charge in [0.15, 0.2) is 0 Å². The Balaban J connectivity index is 1.76. The lowest BCUT2D eigenvalue weighted by Crippen LogP contribution is -2.36. The summed E-state index contributed by atoms with van der Waals surface area (Å²) in [6, 6.07) is 25.5. The molecule has 0 fully saturated rings. The highest BCUT2D eigenvalue weighted by molar-refractivity contribution is 5.84. The lowest BCUT2D eigenvalue weighted by atomic mass is 9.91. The predicted octanol–water partition coefficient (Wildman–Crippen LogP) is 5.18. The maximum absolute atomic E-state index is 13.2. The van der Waals surface area contributed by atoms with E-state index >= 15 is 0 Å². The van der Waals surface area contributed by atoms with E-state index in [-0.39, 0.29) is 5.91 Å². The van der Waals surface area contributed by atoms with Crippen LogP contribution in [0.4, 0.5) is 0 Å². The first kappa shape index (κ1) is 22.3. The van der Waals surface area contributed by atoms with Crippen molar-refractivity contribution >= 4 is 5.91 Å². The topological polar surface area (TPSA) is 47.6 Å². The van der Waals surface area contributed by atoms with Gasteiger partial charge in [-0.25, -0.2) is 0 Å². The number of carbonyl (C=O) groups is 1. The third kappa shape index (κ3) is 6.30. The van der Waals surface area contributed by atoms with Crippen LogP contribution in [-0.2, 0) is 22.7 Å². The number of benzene rings is 3. The molecule has 0 aliphatic carbocycles. The van der Waals surface area contributed by atoms with E-state index in [9.17, 15) is 4.79 Å². The van der Waals surface area contributed by atoms with E-state index in [1.807, 2.05) is 85.8 Å². The second-order valence-electron chi connectivity index (χ2n) is 7.45. The van der Waals surface area contributed by atoms with E-state index in [0.717, 1.165) is 28.0 Å². The molecule has 3 aromatic rings. The highest BCUT2D eigenvalue weighted by atomic mass is 16.5. The van der Waals surface area contributed by atoms with Crippen molar-refractivity contribution in [3.05, 3.63) is 114 Å². The van der Waals surface area contributed by atoms with Gasteiger partial charge in [-0.3, -0.25) is 4.79 Å². The van der Waals surface area contributed by atoms with Gasteiger partial charge in [0.2, 0.25) is 5.91 Å². The average Bonchev–Trinajstić information content (AvgIpc) is 2.82. The fourth-order valence-corrected chi connectivity index (χ4v) is 3.37. The lowest BCUT2D eigenvalue weighted by Gasteiger charge is -2.25. The molecule has 0 radical (unpaired) electrons. The minimum atomic E-state index is -0.500. The Morgan fingerprint density at radius 2 is 1.65 bits per heavy atom. The van der Waals surface area contributed by atoms with Crippen molar-refractivity contribution in [1.82, 2.24) is 5.32 Å². The Morgan fingerprint density at radius 3 is 2.26 bits per heavy atom. The number of hydrogen-bond donors (Lipinski definition) is 1. The molecule has 0 saturated carbocycles. The van der Waals surface area contributed by atoms with Gasteiger partial charge in [0.25, 0.3) is 0 Å². The first-order chi connectivity index (χ1) is 15.1. The number of methoxy groups -OCH3 is 1. The molecule has 3 rings (SSSR count). The minimum Gasteiger partial charge on any atom is -0.497 e. The Morgan fingerprint density at radius 1 is 0.968 bits per heavy atom. The number of hydrogen-bond acceptors (Lipinski definition) is 3. The quantitative estimate of drug-likeness (QED) is 0.465. The second-order valence-corrected chi connectivity index (χ2v) is 7.45. The van der Waals surface area contributed by atoms with E-state index in [1.54, 1.807) is 13.2 Å². The van der Waals surface area contributed by atoms with Crippen LogP contribution in [0.3, 0.4) is 0 Å². The van der Waals surface area contributed by atoms with Crippen molar-refractivity contribution in [2.45, 2.75) is 32.1 Å². The van der Waals surface area contributed by atoms with Gasteiger partial charge in [-0.15, -0.1) is 6.58 Å². The molecule has 0 aromatic heterocycles. The monoisotopic (exact) mass is 415 g/mol. The first-order valence-electron chi connectivity index (χ1n) is 10.4. The van der Waals surface area contributed by atoms with E-state index in [0.29, 0.717) is 13.2 Å². The Hall–Kier alpha value is -3.37. The summed E-state index contributed by atoms with van der Waals surface area (Å²) in [5, 5.41) is 3.06. The van der Waals surface area contributed by atoms with Crippen LogP contribution in [0, 0.1) is 6.92 Å². The van der Waals surface area contributed by atoms with Gasteiger partial charge in [-0.05, 0) is 35.7 Å². The summed E-state index contributed by atoms with van der Waals surface area (Å²) in [4.78, 5) is 13.2. The molecule has 1 N–H and O–H groups in total. The molecule has 4 nitrogen and oxygen atoms in total. The van der Waals surface area contributed by atoms with Gasteiger partial charge in [0.05, 0.1) is 25.7 Å². The number of amides is 1. The molecule has 0 unspecified atom stereocenters. The number of ether oxygens (including phenoxy) is 2. The summed E-state index contributed by atoms with van der Waals surface area (Å²) in [7, 11) is 1.64. The van der Waals surface area contributed by atoms with Gasteiger partial charge in [0.1, 0.15) is 5.75 Å². The van der Waals surface area contributed by atoms with Gasteiger partial charge in [-0.2, -0.15) is 0 Å². The SMILES string of the molecule is C=C[C@H](OCc1ccc(OC)cc1)[C@H](C(=O)NCc1ccccc1)c1ccc(C)cc1. The fourth-order valence-electron chi connectivity index (χ4n) is 3.37. The van der Waals surface area contributed by atoms with Crippen LogP contribution in [-0.4, -0.2) is 19.1 Å². The molecule has 0 aliphatic rings. The van der Waals surface area contributed by atoms with E-state index < -0.39 is 12.0 Å². The molecular weight excluding hydrogens is 386 g/mol. The summed E-state index contributed by atoms with van der Waals surface area (Å²) >= 11 is 0. The highest BCUT2D eigenvalue weighted by Crippen LogP contribution is 2.25.